The van der Waals surface area contributed by atoms with E-state index in [-0.39, 0.29) is 12.1 Å². The second-order valence-electron chi connectivity index (χ2n) is 10.1. The number of anilines is 1. The van der Waals surface area contributed by atoms with Crippen molar-refractivity contribution in [3.8, 4) is 10.8 Å². The zero-order valence-electron chi connectivity index (χ0n) is 21.7. The third-order valence-electron chi connectivity index (χ3n) is 7.77. The number of aryl methyl sites for hydroxylation is 1. The molecule has 0 bridgehead atoms. The molecule has 4 aromatic rings. The average Bonchev–Trinajstić information content (AvgIpc) is 3.48. The second kappa shape index (κ2) is 9.39. The van der Waals surface area contributed by atoms with Crippen molar-refractivity contribution in [2.75, 3.05) is 26.0 Å². The maximum atomic E-state index is 14.2. The fraction of sp³-hybridized carbons (Fsp3) is 0.300. The van der Waals surface area contributed by atoms with Gasteiger partial charge >= 0.3 is 6.03 Å². The number of nitrogens with one attached hydrogen (secondary N) is 1. The molecule has 0 aliphatic carbocycles. The second-order valence-corrected chi connectivity index (χ2v) is 11.1. The fourth-order valence-corrected chi connectivity index (χ4v) is 7.03. The minimum atomic E-state index is -0.267. The Labute approximate surface area is 222 Å². The third kappa shape index (κ3) is 4.12. The number of amides is 2. The van der Waals surface area contributed by atoms with Crippen LogP contribution in [-0.4, -0.2) is 41.1 Å². The van der Waals surface area contributed by atoms with E-state index in [1.807, 2.05) is 46.6 Å². The van der Waals surface area contributed by atoms with Crippen LogP contribution in [0, 0.1) is 13.8 Å². The highest BCUT2D eigenvalue weighted by molar-refractivity contribution is 7.15. The minimum Gasteiger partial charge on any atom is -0.497 e. The van der Waals surface area contributed by atoms with Gasteiger partial charge in [-0.05, 0) is 79.9 Å². The zero-order valence-corrected chi connectivity index (χ0v) is 22.6. The Morgan fingerprint density at radius 2 is 1.89 bits per heavy atom. The van der Waals surface area contributed by atoms with Crippen LogP contribution in [-0.2, 0) is 19.5 Å². The van der Waals surface area contributed by atoms with Gasteiger partial charge in [-0.2, -0.15) is 0 Å². The average molecular weight is 513 g/mol. The Bertz CT molecular complexity index is 1490. The number of urea groups is 1. The van der Waals surface area contributed by atoms with Crippen molar-refractivity contribution in [1.29, 1.82) is 0 Å². The molecule has 37 heavy (non-hydrogen) atoms. The molecule has 6 rings (SSSR count). The van der Waals surface area contributed by atoms with Crippen molar-refractivity contribution in [3.63, 3.8) is 0 Å². The number of aromatic nitrogens is 1. The molecular weight excluding hydrogens is 480 g/mol. The maximum Gasteiger partial charge on any atom is 0.322 e. The lowest BCUT2D eigenvalue weighted by Gasteiger charge is -2.32. The monoisotopic (exact) mass is 512 g/mol. The lowest BCUT2D eigenvalue weighted by atomic mass is 10.00. The summed E-state index contributed by atoms with van der Waals surface area (Å²) in [6.07, 6.45) is 3.14. The topological polar surface area (TPSA) is 49.7 Å². The molecule has 2 aliphatic heterocycles. The number of benzene rings is 2. The van der Waals surface area contributed by atoms with Gasteiger partial charge in [0.1, 0.15) is 10.8 Å². The number of carbonyl (C=O) groups is 1. The van der Waals surface area contributed by atoms with Gasteiger partial charge in [-0.25, -0.2) is 4.79 Å². The highest BCUT2D eigenvalue weighted by Crippen LogP contribution is 2.44. The SMILES string of the molecule is COc1cccc([C@H]2c3cccn3-c3sc4c(c3CN2C(=O)Nc2cccc(C)c2C)CCN(C)C4)c1. The summed E-state index contributed by atoms with van der Waals surface area (Å²) in [4.78, 5) is 20.0. The number of nitrogens with zero attached hydrogens (tertiary/aromatic N) is 3. The summed E-state index contributed by atoms with van der Waals surface area (Å²) in [5, 5.41) is 4.48. The maximum absolute atomic E-state index is 14.2. The first-order valence-corrected chi connectivity index (χ1v) is 13.5. The van der Waals surface area contributed by atoms with E-state index in [0.29, 0.717) is 6.54 Å². The van der Waals surface area contributed by atoms with Gasteiger partial charge in [-0.3, -0.25) is 0 Å². The summed E-state index contributed by atoms with van der Waals surface area (Å²) >= 11 is 1.87. The van der Waals surface area contributed by atoms with E-state index in [1.54, 1.807) is 7.11 Å². The predicted octanol–water partition coefficient (Wildman–Crippen LogP) is 6.29. The molecule has 0 radical (unpaired) electrons. The van der Waals surface area contributed by atoms with E-state index >= 15 is 0 Å². The van der Waals surface area contributed by atoms with Crippen molar-refractivity contribution in [3.05, 3.63) is 99.2 Å². The molecule has 2 aliphatic rings. The van der Waals surface area contributed by atoms with Crippen LogP contribution < -0.4 is 10.1 Å². The molecular formula is C30H32N4O2S. The number of thiophene rings is 1. The molecule has 0 spiro atoms. The molecule has 2 amide bonds. The Morgan fingerprint density at radius 1 is 1.05 bits per heavy atom. The number of carbonyl (C=O) groups excluding carboxylic acids is 1. The molecule has 190 valence electrons. The zero-order chi connectivity index (χ0) is 25.7. The number of ether oxygens (including phenoxy) is 1. The molecule has 4 heterocycles. The summed E-state index contributed by atoms with van der Waals surface area (Å²) < 4.78 is 7.87. The molecule has 0 saturated carbocycles. The molecule has 1 atom stereocenters. The van der Waals surface area contributed by atoms with Crippen LogP contribution in [0.2, 0.25) is 0 Å². The number of fused-ring (bicyclic) bond motifs is 5. The van der Waals surface area contributed by atoms with Crippen LogP contribution in [0.25, 0.3) is 5.00 Å². The Balaban J connectivity index is 1.51. The summed E-state index contributed by atoms with van der Waals surface area (Å²) in [6.45, 7) is 6.66. The van der Waals surface area contributed by atoms with E-state index in [0.717, 1.165) is 53.3 Å². The van der Waals surface area contributed by atoms with Gasteiger partial charge in [-0.1, -0.05) is 24.3 Å². The first-order chi connectivity index (χ1) is 17.9. The summed E-state index contributed by atoms with van der Waals surface area (Å²) in [6, 6.07) is 18.0. The van der Waals surface area contributed by atoms with E-state index in [2.05, 4.69) is 66.1 Å². The van der Waals surface area contributed by atoms with Crippen molar-refractivity contribution in [1.82, 2.24) is 14.4 Å². The third-order valence-corrected chi connectivity index (χ3v) is 9.03. The largest absolute Gasteiger partial charge is 0.497 e. The van der Waals surface area contributed by atoms with E-state index < -0.39 is 0 Å². The number of hydrogen-bond donors (Lipinski definition) is 1. The van der Waals surface area contributed by atoms with Crippen LogP contribution in [0.4, 0.5) is 10.5 Å². The van der Waals surface area contributed by atoms with Gasteiger partial charge in [0.25, 0.3) is 0 Å². The molecule has 2 aromatic heterocycles. The highest BCUT2D eigenvalue weighted by atomic mass is 32.1. The van der Waals surface area contributed by atoms with Gasteiger partial charge in [0.2, 0.25) is 0 Å². The molecule has 0 saturated heterocycles. The summed E-state index contributed by atoms with van der Waals surface area (Å²) in [5.41, 5.74) is 7.88. The van der Waals surface area contributed by atoms with Crippen LogP contribution in [0.15, 0.2) is 60.8 Å². The van der Waals surface area contributed by atoms with Crippen molar-refractivity contribution in [2.45, 2.75) is 39.4 Å². The standard InChI is InChI=1S/C30H32N4O2S/c1-19-8-5-11-25(20(19)2)31-30(35)34-17-24-23-13-15-32(3)18-27(23)37-29(24)33-14-7-12-26(33)28(34)21-9-6-10-22(16-21)36-4/h5-12,14,16,28H,13,15,17-18H2,1-4H3,(H,31,35)/t28-/m0/s1. The molecule has 1 N–H and O–H groups in total. The Morgan fingerprint density at radius 3 is 2.73 bits per heavy atom. The lowest BCUT2D eigenvalue weighted by molar-refractivity contribution is 0.194. The van der Waals surface area contributed by atoms with E-state index in [4.69, 9.17) is 4.74 Å². The number of methoxy groups -OCH3 is 1. The summed E-state index contributed by atoms with van der Waals surface area (Å²) in [7, 11) is 3.86. The van der Waals surface area contributed by atoms with Gasteiger partial charge in [0.15, 0.2) is 0 Å². The number of likely N-dealkylation sites (N-methyl/N-ethyl adjacent to an activating group) is 1. The Kier molecular flexibility index (Phi) is 6.05. The fourth-order valence-electron chi connectivity index (χ4n) is 5.59. The van der Waals surface area contributed by atoms with E-state index in [9.17, 15) is 4.79 Å². The van der Waals surface area contributed by atoms with Gasteiger partial charge < -0.3 is 24.4 Å². The highest BCUT2D eigenvalue weighted by Gasteiger charge is 2.36. The van der Waals surface area contributed by atoms with Crippen LogP contribution >= 0.6 is 11.3 Å². The van der Waals surface area contributed by atoms with Crippen LogP contribution in [0.3, 0.4) is 0 Å². The number of hydrogen-bond acceptors (Lipinski definition) is 4. The van der Waals surface area contributed by atoms with Gasteiger partial charge in [0.05, 0.1) is 25.4 Å². The van der Waals surface area contributed by atoms with Crippen molar-refractivity contribution >= 4 is 23.1 Å². The summed E-state index contributed by atoms with van der Waals surface area (Å²) in [5.74, 6) is 0.782. The molecule has 7 heteroatoms. The normalized spacial score (nSPS) is 17.0. The first-order valence-electron chi connectivity index (χ1n) is 12.7. The van der Waals surface area contributed by atoms with Gasteiger partial charge in [0, 0.05) is 35.4 Å². The first kappa shape index (κ1) is 23.8. The smallest absolute Gasteiger partial charge is 0.322 e. The Hall–Kier alpha value is -3.55. The number of rotatable bonds is 3. The van der Waals surface area contributed by atoms with Crippen LogP contribution in [0.1, 0.15) is 44.4 Å². The molecule has 0 fully saturated rings. The lowest BCUT2D eigenvalue weighted by Crippen LogP contribution is -2.38. The minimum absolute atomic E-state index is 0.102. The predicted molar refractivity (Wildman–Crippen MR) is 149 cm³/mol. The van der Waals surface area contributed by atoms with E-state index in [1.165, 1.54) is 21.0 Å². The van der Waals surface area contributed by atoms with Crippen molar-refractivity contribution < 1.29 is 9.53 Å². The van der Waals surface area contributed by atoms with Gasteiger partial charge in [-0.15, -0.1) is 11.3 Å². The molecule has 2 aromatic carbocycles. The quantitative estimate of drug-likeness (QED) is 0.351. The van der Waals surface area contributed by atoms with Crippen molar-refractivity contribution in [2.24, 2.45) is 0 Å². The molecule has 6 nitrogen and oxygen atoms in total. The van der Waals surface area contributed by atoms with Crippen LogP contribution in [0.5, 0.6) is 5.75 Å². The molecule has 0 unspecified atom stereocenters.